The van der Waals surface area contributed by atoms with Crippen LogP contribution in [-0.2, 0) is 22.5 Å². The summed E-state index contributed by atoms with van der Waals surface area (Å²) in [4.78, 5) is 48.2. The van der Waals surface area contributed by atoms with E-state index in [4.69, 9.17) is 4.74 Å². The van der Waals surface area contributed by atoms with E-state index in [1.807, 2.05) is 33.4 Å². The van der Waals surface area contributed by atoms with E-state index in [1.165, 1.54) is 12.8 Å². The number of nitrogens with one attached hydrogen (secondary N) is 2. The van der Waals surface area contributed by atoms with E-state index in [2.05, 4.69) is 32.8 Å². The smallest absolute Gasteiger partial charge is 0.410 e. The fraction of sp³-hybridized carbons (Fsp3) is 0.576. The monoisotopic (exact) mass is 633 g/mol. The Bertz CT molecular complexity index is 1520. The van der Waals surface area contributed by atoms with Crippen LogP contribution in [0.15, 0.2) is 35.2 Å². The molecule has 11 nitrogen and oxygen atoms in total. The predicted molar refractivity (Wildman–Crippen MR) is 173 cm³/mol. The molecule has 0 spiro atoms. The van der Waals surface area contributed by atoms with Gasteiger partial charge in [-0.2, -0.15) is 5.10 Å². The van der Waals surface area contributed by atoms with Gasteiger partial charge in [0.2, 0.25) is 0 Å². The Morgan fingerprint density at radius 1 is 0.978 bits per heavy atom. The molecule has 0 radical (unpaired) electrons. The maximum Gasteiger partial charge on any atom is 0.410 e. The number of benzene rings is 1. The van der Waals surface area contributed by atoms with Crippen molar-refractivity contribution in [2.24, 2.45) is 11.8 Å². The lowest BCUT2D eigenvalue weighted by Gasteiger charge is -2.41. The maximum absolute atomic E-state index is 14.0. The number of hydrogen-bond donors (Lipinski definition) is 2. The van der Waals surface area contributed by atoms with Crippen LogP contribution in [0.3, 0.4) is 0 Å². The molecule has 4 aliphatic heterocycles. The van der Waals surface area contributed by atoms with E-state index in [1.54, 1.807) is 22.4 Å². The number of urea groups is 1. The molecular weight excluding hydrogens is 590 g/mol. The zero-order valence-electron chi connectivity index (χ0n) is 26.0. The van der Waals surface area contributed by atoms with Crippen molar-refractivity contribution in [1.29, 1.82) is 0 Å². The first-order valence-electron chi connectivity index (χ1n) is 16.4. The third-order valence-electron chi connectivity index (χ3n) is 10.5. The number of hydrogen-bond acceptors (Lipinski definition) is 7. The third kappa shape index (κ3) is 6.53. The van der Waals surface area contributed by atoms with Crippen molar-refractivity contribution in [2.75, 3.05) is 51.6 Å². The molecular formula is C33H43N7O4S. The van der Waals surface area contributed by atoms with Crippen molar-refractivity contribution in [3.05, 3.63) is 46.3 Å². The molecule has 0 bridgehead atoms. The Balaban J connectivity index is 0.989. The highest BCUT2D eigenvalue weighted by atomic mass is 32.1. The highest BCUT2D eigenvalue weighted by Gasteiger charge is 2.37. The lowest BCUT2D eigenvalue weighted by Crippen LogP contribution is -2.52. The molecule has 2 aromatic heterocycles. The van der Waals surface area contributed by atoms with Crippen LogP contribution in [0.25, 0.3) is 10.9 Å². The minimum Gasteiger partial charge on any atom is -0.436 e. The first kappa shape index (κ1) is 30.0. The van der Waals surface area contributed by atoms with Crippen molar-refractivity contribution in [3.63, 3.8) is 0 Å². The fourth-order valence-electron chi connectivity index (χ4n) is 7.66. The van der Waals surface area contributed by atoms with Crippen LogP contribution in [0, 0.1) is 11.8 Å². The van der Waals surface area contributed by atoms with Gasteiger partial charge in [-0.05, 0) is 93.6 Å². The SMILES string of the molecule is CN1CCC(C2CCN(C(=O)[C@@H](Cc3ccc4[nH]ncc4c3)OC(=O)N3CCC(N4Cc5cscc5NC4=O)CC3)CC2)CC1. The van der Waals surface area contributed by atoms with Gasteiger partial charge in [0.05, 0.1) is 23.9 Å². The molecule has 7 rings (SSSR count). The number of H-pyrrole nitrogens is 1. The zero-order chi connectivity index (χ0) is 30.9. The van der Waals surface area contributed by atoms with E-state index in [-0.39, 0.29) is 18.0 Å². The Hall–Kier alpha value is -3.64. The molecule has 2 N–H and O–H groups in total. The number of aromatic nitrogens is 2. The second-order valence-corrected chi connectivity index (χ2v) is 14.0. The van der Waals surface area contributed by atoms with Gasteiger partial charge in [0.25, 0.3) is 5.91 Å². The summed E-state index contributed by atoms with van der Waals surface area (Å²) in [6.07, 6.45) is 6.54. The minimum absolute atomic E-state index is 0.0482. The number of thiophene rings is 1. The molecule has 240 valence electrons. The van der Waals surface area contributed by atoms with Crippen LogP contribution >= 0.6 is 11.3 Å². The van der Waals surface area contributed by atoms with Crippen molar-refractivity contribution in [1.82, 2.24) is 29.8 Å². The summed E-state index contributed by atoms with van der Waals surface area (Å²) in [5.41, 5.74) is 3.89. The van der Waals surface area contributed by atoms with Gasteiger partial charge in [0, 0.05) is 55.0 Å². The summed E-state index contributed by atoms with van der Waals surface area (Å²) in [6, 6.07) is 5.89. The van der Waals surface area contributed by atoms with Crippen LogP contribution in [0.2, 0.25) is 0 Å². The van der Waals surface area contributed by atoms with Crippen LogP contribution in [0.4, 0.5) is 15.3 Å². The maximum atomic E-state index is 14.0. The quantitative estimate of drug-likeness (QED) is 0.405. The molecule has 0 saturated carbocycles. The van der Waals surface area contributed by atoms with Gasteiger partial charge < -0.3 is 29.7 Å². The number of fused-ring (bicyclic) bond motifs is 2. The predicted octanol–water partition coefficient (Wildman–Crippen LogP) is 4.76. The van der Waals surface area contributed by atoms with E-state index < -0.39 is 12.2 Å². The normalized spacial score (nSPS) is 21.5. The van der Waals surface area contributed by atoms with Crippen LogP contribution < -0.4 is 5.32 Å². The molecule has 0 aliphatic carbocycles. The molecule has 4 aliphatic rings. The van der Waals surface area contributed by atoms with E-state index in [0.717, 1.165) is 59.6 Å². The highest BCUT2D eigenvalue weighted by Crippen LogP contribution is 2.33. The van der Waals surface area contributed by atoms with Gasteiger partial charge in [-0.1, -0.05) is 6.07 Å². The van der Waals surface area contributed by atoms with Crippen LogP contribution in [0.5, 0.6) is 0 Å². The average molecular weight is 634 g/mol. The molecule has 0 unspecified atom stereocenters. The summed E-state index contributed by atoms with van der Waals surface area (Å²) in [6.45, 7) is 5.27. The fourth-order valence-corrected chi connectivity index (χ4v) is 8.44. The van der Waals surface area contributed by atoms with E-state index in [0.29, 0.717) is 57.9 Å². The number of anilines is 1. The molecule has 45 heavy (non-hydrogen) atoms. The van der Waals surface area contributed by atoms with Crippen molar-refractivity contribution < 1.29 is 19.1 Å². The molecule has 3 fully saturated rings. The van der Waals surface area contributed by atoms with Crippen molar-refractivity contribution >= 4 is 46.0 Å². The van der Waals surface area contributed by atoms with E-state index in [9.17, 15) is 14.4 Å². The molecule has 3 saturated heterocycles. The molecule has 3 aromatic rings. The summed E-state index contributed by atoms with van der Waals surface area (Å²) >= 11 is 1.59. The van der Waals surface area contributed by atoms with Gasteiger partial charge >= 0.3 is 12.1 Å². The standard InChI is InChI=1S/C33H43N7O4S/c1-37-10-4-23(5-11-37)24-6-12-38(13-7-24)31(41)30(17-22-2-3-28-25(16-22)18-34-36-28)44-33(43)39-14-8-27(9-15-39)40-19-26-20-45-21-29(26)35-32(40)42/h2-3,16,18,20-21,23-24,27,30H,4-15,17,19H2,1H3,(H,34,36)(H,35,42)/t30-/m1/s1. The second-order valence-electron chi connectivity index (χ2n) is 13.3. The van der Waals surface area contributed by atoms with Gasteiger partial charge in [-0.3, -0.25) is 9.89 Å². The minimum atomic E-state index is -0.899. The summed E-state index contributed by atoms with van der Waals surface area (Å²) < 4.78 is 6.07. The molecule has 12 heteroatoms. The van der Waals surface area contributed by atoms with Crippen LogP contribution in [-0.4, -0.2) is 106 Å². The second kappa shape index (κ2) is 13.0. The Labute approximate surface area is 267 Å². The average Bonchev–Trinajstić information content (AvgIpc) is 3.73. The number of piperidine rings is 3. The van der Waals surface area contributed by atoms with Gasteiger partial charge in [0.15, 0.2) is 6.10 Å². The first-order chi connectivity index (χ1) is 21.9. The molecule has 1 atom stereocenters. The zero-order valence-corrected chi connectivity index (χ0v) is 26.8. The molecule has 6 heterocycles. The van der Waals surface area contributed by atoms with Gasteiger partial charge in [-0.25, -0.2) is 9.59 Å². The number of aromatic amines is 1. The molecule has 1 aromatic carbocycles. The lowest BCUT2D eigenvalue weighted by atomic mass is 9.79. The highest BCUT2D eigenvalue weighted by molar-refractivity contribution is 7.08. The number of rotatable bonds is 6. The largest absolute Gasteiger partial charge is 0.436 e. The number of likely N-dealkylation sites (tertiary alicyclic amines) is 3. The summed E-state index contributed by atoms with van der Waals surface area (Å²) in [5.74, 6) is 1.28. The number of nitrogens with zero attached hydrogens (tertiary/aromatic N) is 5. The number of ether oxygens (including phenoxy) is 1. The number of carbonyl (C=O) groups is 3. The Morgan fingerprint density at radius 2 is 1.69 bits per heavy atom. The summed E-state index contributed by atoms with van der Waals surface area (Å²) in [7, 11) is 2.19. The van der Waals surface area contributed by atoms with E-state index >= 15 is 0 Å². The third-order valence-corrected chi connectivity index (χ3v) is 11.3. The Kier molecular flexibility index (Phi) is 8.68. The first-order valence-corrected chi connectivity index (χ1v) is 17.3. The number of carbonyl (C=O) groups excluding carboxylic acids is 3. The number of amides is 4. The lowest BCUT2D eigenvalue weighted by molar-refractivity contribution is -0.142. The van der Waals surface area contributed by atoms with Gasteiger partial charge in [0.1, 0.15) is 0 Å². The topological polar surface area (TPSA) is 114 Å². The molecule has 4 amide bonds. The van der Waals surface area contributed by atoms with Gasteiger partial charge in [-0.15, -0.1) is 11.3 Å². The van der Waals surface area contributed by atoms with Crippen molar-refractivity contribution in [3.8, 4) is 0 Å². The Morgan fingerprint density at radius 3 is 2.44 bits per heavy atom. The van der Waals surface area contributed by atoms with Crippen molar-refractivity contribution in [2.45, 2.75) is 63.6 Å². The summed E-state index contributed by atoms with van der Waals surface area (Å²) in [5, 5.41) is 15.1. The van der Waals surface area contributed by atoms with Crippen LogP contribution in [0.1, 0.15) is 49.7 Å².